The molecule has 2 heterocycles. The molecule has 4 rings (SSSR count). The van der Waals surface area contributed by atoms with Crippen LogP contribution in [0.5, 0.6) is 11.5 Å². The van der Waals surface area contributed by atoms with Crippen LogP contribution < -0.4 is 20.3 Å². The molecule has 0 fully saturated rings. The lowest BCUT2D eigenvalue weighted by Crippen LogP contribution is -2.33. The number of nitrogens with one attached hydrogen (secondary N) is 2. The Kier molecular flexibility index (Phi) is 5.34. The topological polar surface area (TPSA) is 111 Å². The molecule has 0 unspecified atom stereocenters. The van der Waals surface area contributed by atoms with E-state index in [9.17, 15) is 9.59 Å². The average Bonchev–Trinajstić information content (AvgIpc) is 3.17. The second-order valence-electron chi connectivity index (χ2n) is 6.70. The number of hydrogen-bond acceptors (Lipinski definition) is 6. The van der Waals surface area contributed by atoms with Crippen LogP contribution in [0.2, 0.25) is 0 Å². The van der Waals surface area contributed by atoms with Gasteiger partial charge in [-0.15, -0.1) is 0 Å². The molecule has 0 atom stereocenters. The third kappa shape index (κ3) is 3.82. The second-order valence-corrected chi connectivity index (χ2v) is 6.70. The van der Waals surface area contributed by atoms with Gasteiger partial charge in [0.1, 0.15) is 12.4 Å². The Balaban J connectivity index is 1.43. The van der Waals surface area contributed by atoms with Crippen molar-refractivity contribution in [1.29, 1.82) is 0 Å². The number of rotatable bonds is 7. The zero-order valence-electron chi connectivity index (χ0n) is 16.6. The highest BCUT2D eigenvalue weighted by molar-refractivity contribution is 5.82. The van der Waals surface area contributed by atoms with E-state index in [4.69, 9.17) is 9.47 Å². The minimum Gasteiger partial charge on any atom is -0.493 e. The van der Waals surface area contributed by atoms with Gasteiger partial charge in [0.2, 0.25) is 5.91 Å². The molecule has 9 nitrogen and oxygen atoms in total. The summed E-state index contributed by atoms with van der Waals surface area (Å²) in [5, 5.41) is 3.16. The smallest absolute Gasteiger partial charge is 0.261 e. The Labute approximate surface area is 171 Å². The highest BCUT2D eigenvalue weighted by atomic mass is 16.5. The van der Waals surface area contributed by atoms with E-state index in [1.54, 1.807) is 12.1 Å². The maximum absolute atomic E-state index is 12.8. The Morgan fingerprint density at radius 2 is 1.90 bits per heavy atom. The van der Waals surface area contributed by atoms with Crippen molar-refractivity contribution in [2.75, 3.05) is 20.8 Å². The van der Waals surface area contributed by atoms with Gasteiger partial charge in [-0.05, 0) is 18.2 Å². The normalized spacial score (nSPS) is 11.0. The highest BCUT2D eigenvalue weighted by Gasteiger charge is 2.13. The first-order chi connectivity index (χ1) is 14.6. The third-order valence-electron chi connectivity index (χ3n) is 4.77. The lowest BCUT2D eigenvalue weighted by molar-refractivity contribution is -0.121. The molecule has 0 bridgehead atoms. The van der Waals surface area contributed by atoms with Crippen LogP contribution in [-0.2, 0) is 17.8 Å². The van der Waals surface area contributed by atoms with E-state index >= 15 is 0 Å². The molecule has 0 aliphatic carbocycles. The Morgan fingerprint density at radius 3 is 2.67 bits per heavy atom. The molecule has 0 aliphatic rings. The van der Waals surface area contributed by atoms with Crippen LogP contribution in [0.4, 0.5) is 0 Å². The molecule has 0 radical (unpaired) electrons. The van der Waals surface area contributed by atoms with Crippen LogP contribution in [0.3, 0.4) is 0 Å². The maximum Gasteiger partial charge on any atom is 0.261 e. The van der Waals surface area contributed by atoms with E-state index in [0.29, 0.717) is 35.4 Å². The number of H-pyrrole nitrogens is 1. The van der Waals surface area contributed by atoms with Gasteiger partial charge in [-0.2, -0.15) is 0 Å². The van der Waals surface area contributed by atoms with Crippen molar-refractivity contribution in [2.24, 2.45) is 0 Å². The van der Waals surface area contributed by atoms with E-state index in [2.05, 4.69) is 20.3 Å². The minimum atomic E-state index is -0.326. The molecule has 0 saturated carbocycles. The molecular formula is C21H21N5O4. The van der Waals surface area contributed by atoms with Gasteiger partial charge in [-0.25, -0.2) is 9.97 Å². The largest absolute Gasteiger partial charge is 0.493 e. The number of fused-ring (bicyclic) bond motifs is 2. The summed E-state index contributed by atoms with van der Waals surface area (Å²) < 4.78 is 11.8. The molecule has 2 N–H and O–H groups in total. The number of carbonyl (C=O) groups is 1. The van der Waals surface area contributed by atoms with Gasteiger partial charge in [0, 0.05) is 19.0 Å². The number of methoxy groups -OCH3 is 2. The standard InChI is InChI=1S/C21H21N5O4/c1-29-17-9-13-16(10-18(17)30-2)23-12-26(21(13)28)11-20(27)22-8-7-19-24-14-5-3-4-6-15(14)25-19/h3-6,9-10,12H,7-8,11H2,1-2H3,(H,22,27)(H,24,25). The fraction of sp³-hybridized carbons (Fsp3) is 0.238. The number of amides is 1. The molecule has 1 amide bonds. The second kappa shape index (κ2) is 8.24. The number of aromatic amines is 1. The first-order valence-corrected chi connectivity index (χ1v) is 9.40. The van der Waals surface area contributed by atoms with Crippen LogP contribution in [-0.4, -0.2) is 46.2 Å². The van der Waals surface area contributed by atoms with Gasteiger partial charge in [0.25, 0.3) is 5.56 Å². The Hall–Kier alpha value is -3.88. The maximum atomic E-state index is 12.8. The molecule has 0 saturated heterocycles. The van der Waals surface area contributed by atoms with Crippen LogP contribution in [0.1, 0.15) is 5.82 Å². The summed E-state index contributed by atoms with van der Waals surface area (Å²) in [6, 6.07) is 10.9. The van der Waals surface area contributed by atoms with E-state index in [-0.39, 0.29) is 18.0 Å². The van der Waals surface area contributed by atoms with Crippen molar-refractivity contribution >= 4 is 27.8 Å². The van der Waals surface area contributed by atoms with E-state index < -0.39 is 0 Å². The monoisotopic (exact) mass is 407 g/mol. The first-order valence-electron chi connectivity index (χ1n) is 9.40. The fourth-order valence-electron chi connectivity index (χ4n) is 3.25. The summed E-state index contributed by atoms with van der Waals surface area (Å²) in [6.45, 7) is 0.273. The molecule has 0 aliphatic heterocycles. The third-order valence-corrected chi connectivity index (χ3v) is 4.77. The van der Waals surface area contributed by atoms with Gasteiger partial charge >= 0.3 is 0 Å². The van der Waals surface area contributed by atoms with Crippen LogP contribution in [0, 0.1) is 0 Å². The zero-order chi connectivity index (χ0) is 21.1. The number of imidazole rings is 1. The van der Waals surface area contributed by atoms with Gasteiger partial charge in [-0.1, -0.05) is 12.1 Å². The van der Waals surface area contributed by atoms with Crippen molar-refractivity contribution in [2.45, 2.75) is 13.0 Å². The van der Waals surface area contributed by atoms with Crippen molar-refractivity contribution in [1.82, 2.24) is 24.8 Å². The molecule has 2 aromatic heterocycles. The van der Waals surface area contributed by atoms with Crippen molar-refractivity contribution in [3.63, 3.8) is 0 Å². The predicted octanol–water partition coefficient (Wildman–Crippen LogP) is 1.65. The van der Waals surface area contributed by atoms with Gasteiger partial charge in [0.15, 0.2) is 11.5 Å². The van der Waals surface area contributed by atoms with Crippen LogP contribution in [0.15, 0.2) is 47.5 Å². The molecule has 4 aromatic rings. The fourth-order valence-corrected chi connectivity index (χ4v) is 3.25. The van der Waals surface area contributed by atoms with Gasteiger partial charge < -0.3 is 19.8 Å². The Bertz CT molecular complexity index is 1240. The molecule has 2 aromatic carbocycles. The predicted molar refractivity (Wildman–Crippen MR) is 112 cm³/mol. The van der Waals surface area contributed by atoms with E-state index in [1.165, 1.54) is 25.1 Å². The van der Waals surface area contributed by atoms with Crippen molar-refractivity contribution in [3.8, 4) is 11.5 Å². The number of aromatic nitrogens is 4. The number of ether oxygens (including phenoxy) is 2. The summed E-state index contributed by atoms with van der Waals surface area (Å²) >= 11 is 0. The van der Waals surface area contributed by atoms with Crippen molar-refractivity contribution < 1.29 is 14.3 Å². The number of hydrogen-bond donors (Lipinski definition) is 2. The van der Waals surface area contributed by atoms with Gasteiger partial charge in [0.05, 0.1) is 42.5 Å². The summed E-state index contributed by atoms with van der Waals surface area (Å²) in [6.07, 6.45) is 1.91. The lowest BCUT2D eigenvalue weighted by Gasteiger charge is -2.10. The molecule has 0 spiro atoms. The number of carbonyl (C=O) groups excluding carboxylic acids is 1. The lowest BCUT2D eigenvalue weighted by atomic mass is 10.2. The summed E-state index contributed by atoms with van der Waals surface area (Å²) in [5.41, 5.74) is 1.99. The molecule has 9 heteroatoms. The minimum absolute atomic E-state index is 0.129. The van der Waals surface area contributed by atoms with Crippen LogP contribution in [0.25, 0.3) is 21.9 Å². The summed E-state index contributed by atoms with van der Waals surface area (Å²) in [5.74, 6) is 1.42. The number of para-hydroxylation sites is 2. The first kappa shape index (κ1) is 19.4. The van der Waals surface area contributed by atoms with E-state index in [1.807, 2.05) is 24.3 Å². The number of benzene rings is 2. The van der Waals surface area contributed by atoms with Crippen molar-refractivity contribution in [3.05, 3.63) is 58.9 Å². The number of nitrogens with zero attached hydrogens (tertiary/aromatic N) is 3. The molecular weight excluding hydrogens is 386 g/mol. The Morgan fingerprint density at radius 1 is 1.13 bits per heavy atom. The SMILES string of the molecule is COc1cc2ncn(CC(=O)NCCc3nc4ccccc4[nH]3)c(=O)c2cc1OC. The highest BCUT2D eigenvalue weighted by Crippen LogP contribution is 2.29. The molecule has 154 valence electrons. The summed E-state index contributed by atoms with van der Waals surface area (Å²) in [7, 11) is 3.01. The summed E-state index contributed by atoms with van der Waals surface area (Å²) in [4.78, 5) is 37.0. The zero-order valence-corrected chi connectivity index (χ0v) is 16.6. The van der Waals surface area contributed by atoms with Crippen LogP contribution >= 0.6 is 0 Å². The average molecular weight is 407 g/mol. The van der Waals surface area contributed by atoms with E-state index in [0.717, 1.165) is 16.9 Å². The molecule has 30 heavy (non-hydrogen) atoms. The van der Waals surface area contributed by atoms with Gasteiger partial charge in [-0.3, -0.25) is 14.2 Å². The quantitative estimate of drug-likeness (QED) is 0.482.